The maximum Gasteiger partial charge on any atom is 0.253 e. The molecule has 2 fully saturated rings. The van der Waals surface area contributed by atoms with Crippen LogP contribution in [-0.4, -0.2) is 47.8 Å². The van der Waals surface area contributed by atoms with Gasteiger partial charge in [0.05, 0.1) is 0 Å². The zero-order valence-corrected chi connectivity index (χ0v) is 15.5. The summed E-state index contributed by atoms with van der Waals surface area (Å²) >= 11 is 0. The van der Waals surface area contributed by atoms with Crippen LogP contribution in [0.25, 0.3) is 0 Å². The second kappa shape index (κ2) is 9.09. The number of amides is 2. The van der Waals surface area contributed by atoms with E-state index in [4.69, 9.17) is 5.73 Å². The van der Waals surface area contributed by atoms with Gasteiger partial charge in [-0.2, -0.15) is 0 Å². The Bertz CT molecular complexity index is 585. The highest BCUT2D eigenvalue weighted by Crippen LogP contribution is 2.28. The molecule has 0 unspecified atom stereocenters. The van der Waals surface area contributed by atoms with Gasteiger partial charge in [-0.1, -0.05) is 12.8 Å². The Morgan fingerprint density at radius 2 is 1.52 bits per heavy atom. The van der Waals surface area contributed by atoms with Crippen LogP contribution in [0, 0.1) is 5.92 Å². The minimum atomic E-state index is 0. The number of rotatable bonds is 3. The third kappa shape index (κ3) is 5.11. The van der Waals surface area contributed by atoms with Gasteiger partial charge in [-0.25, -0.2) is 0 Å². The number of hydrogen-bond donors (Lipinski definition) is 1. The van der Waals surface area contributed by atoms with Crippen molar-refractivity contribution in [1.82, 2.24) is 9.80 Å². The molecule has 0 bridgehead atoms. The number of benzene rings is 1. The molecule has 138 valence electrons. The molecule has 6 heteroatoms. The molecule has 2 aliphatic rings. The summed E-state index contributed by atoms with van der Waals surface area (Å²) in [7, 11) is 0. The summed E-state index contributed by atoms with van der Waals surface area (Å²) in [5.41, 5.74) is 7.00. The largest absolute Gasteiger partial charge is 0.399 e. The molecule has 1 heterocycles. The summed E-state index contributed by atoms with van der Waals surface area (Å²) in [5.74, 6) is 0.872. The van der Waals surface area contributed by atoms with E-state index in [0.717, 1.165) is 13.0 Å². The van der Waals surface area contributed by atoms with Crippen molar-refractivity contribution in [3.05, 3.63) is 29.8 Å². The SMILES string of the molecule is Cl.Nc1ccc(C(=O)N2CCCN(C(=O)CC3CCCC3)CC2)cc1. The fraction of sp³-hybridized carbons (Fsp3) is 0.579. The lowest BCUT2D eigenvalue weighted by molar-refractivity contribution is -0.132. The van der Waals surface area contributed by atoms with Gasteiger partial charge in [0.2, 0.25) is 5.91 Å². The summed E-state index contributed by atoms with van der Waals surface area (Å²) in [6, 6.07) is 7.04. The zero-order valence-electron chi connectivity index (χ0n) is 14.7. The Hall–Kier alpha value is -1.75. The van der Waals surface area contributed by atoms with Gasteiger partial charge in [0.1, 0.15) is 0 Å². The maximum atomic E-state index is 12.6. The molecule has 1 aliphatic carbocycles. The third-order valence-corrected chi connectivity index (χ3v) is 5.23. The van der Waals surface area contributed by atoms with Crippen molar-refractivity contribution in [3.63, 3.8) is 0 Å². The van der Waals surface area contributed by atoms with E-state index < -0.39 is 0 Å². The Labute approximate surface area is 155 Å². The van der Waals surface area contributed by atoms with Gasteiger partial charge >= 0.3 is 0 Å². The van der Waals surface area contributed by atoms with Crippen LogP contribution < -0.4 is 5.73 Å². The lowest BCUT2D eigenvalue weighted by Crippen LogP contribution is -2.37. The fourth-order valence-electron chi connectivity index (χ4n) is 3.77. The van der Waals surface area contributed by atoms with Gasteiger partial charge in [0.15, 0.2) is 0 Å². The van der Waals surface area contributed by atoms with Crippen LogP contribution in [0.1, 0.15) is 48.9 Å². The lowest BCUT2D eigenvalue weighted by Gasteiger charge is -2.23. The van der Waals surface area contributed by atoms with Crippen molar-refractivity contribution in [2.75, 3.05) is 31.9 Å². The molecule has 0 spiro atoms. The second-order valence-corrected chi connectivity index (χ2v) is 7.00. The minimum Gasteiger partial charge on any atom is -0.399 e. The van der Waals surface area contributed by atoms with Gasteiger partial charge in [-0.3, -0.25) is 9.59 Å². The number of carbonyl (C=O) groups excluding carboxylic acids is 2. The van der Waals surface area contributed by atoms with E-state index in [-0.39, 0.29) is 24.2 Å². The Kier molecular flexibility index (Phi) is 7.12. The molecule has 0 radical (unpaired) electrons. The van der Waals surface area contributed by atoms with E-state index in [1.54, 1.807) is 24.3 Å². The van der Waals surface area contributed by atoms with E-state index in [1.165, 1.54) is 25.7 Å². The molecular formula is C19H28ClN3O2. The summed E-state index contributed by atoms with van der Waals surface area (Å²) in [6.07, 6.45) is 6.45. The first-order valence-electron chi connectivity index (χ1n) is 9.06. The number of nitrogens with zero attached hydrogens (tertiary/aromatic N) is 2. The molecule has 25 heavy (non-hydrogen) atoms. The van der Waals surface area contributed by atoms with E-state index >= 15 is 0 Å². The standard InChI is InChI=1S/C19H27N3O2.ClH/c20-17-8-6-16(7-9-17)19(24)22-11-3-10-21(12-13-22)18(23)14-15-4-1-2-5-15;/h6-9,15H,1-5,10-14,20H2;1H. The number of nitrogens with two attached hydrogens (primary N) is 1. The number of nitrogen functional groups attached to an aromatic ring is 1. The highest BCUT2D eigenvalue weighted by molar-refractivity contribution is 5.94. The first-order valence-corrected chi connectivity index (χ1v) is 9.06. The van der Waals surface area contributed by atoms with Crippen molar-refractivity contribution in [2.45, 2.75) is 38.5 Å². The first kappa shape index (κ1) is 19.6. The molecule has 1 aliphatic heterocycles. The molecule has 3 rings (SSSR count). The Morgan fingerprint density at radius 3 is 2.20 bits per heavy atom. The Morgan fingerprint density at radius 1 is 0.920 bits per heavy atom. The molecule has 1 saturated heterocycles. The highest BCUT2D eigenvalue weighted by atomic mass is 35.5. The van der Waals surface area contributed by atoms with Gasteiger partial charge in [-0.05, 0) is 49.4 Å². The average Bonchev–Trinajstić information content (AvgIpc) is 2.96. The number of hydrogen-bond acceptors (Lipinski definition) is 3. The summed E-state index contributed by atoms with van der Waals surface area (Å²) in [5, 5.41) is 0. The molecule has 1 aromatic rings. The first-order chi connectivity index (χ1) is 11.6. The molecule has 1 aromatic carbocycles. The smallest absolute Gasteiger partial charge is 0.253 e. The van der Waals surface area contributed by atoms with Crippen LogP contribution in [0.15, 0.2) is 24.3 Å². The van der Waals surface area contributed by atoms with E-state index in [2.05, 4.69) is 0 Å². The van der Waals surface area contributed by atoms with Crippen LogP contribution in [0.3, 0.4) is 0 Å². The van der Waals surface area contributed by atoms with Crippen molar-refractivity contribution in [2.24, 2.45) is 5.92 Å². The minimum absolute atomic E-state index is 0. The monoisotopic (exact) mass is 365 g/mol. The van der Waals surface area contributed by atoms with Crippen LogP contribution in [0.2, 0.25) is 0 Å². The molecule has 0 atom stereocenters. The van der Waals surface area contributed by atoms with Gasteiger partial charge in [-0.15, -0.1) is 12.4 Å². The van der Waals surface area contributed by atoms with Gasteiger partial charge in [0.25, 0.3) is 5.91 Å². The summed E-state index contributed by atoms with van der Waals surface area (Å²) < 4.78 is 0. The fourth-order valence-corrected chi connectivity index (χ4v) is 3.77. The highest BCUT2D eigenvalue weighted by Gasteiger charge is 2.25. The van der Waals surface area contributed by atoms with Crippen molar-refractivity contribution in [3.8, 4) is 0 Å². The zero-order chi connectivity index (χ0) is 16.9. The van der Waals surface area contributed by atoms with E-state index in [1.807, 2.05) is 9.80 Å². The third-order valence-electron chi connectivity index (χ3n) is 5.23. The molecular weight excluding hydrogens is 338 g/mol. The van der Waals surface area contributed by atoms with Crippen molar-refractivity contribution < 1.29 is 9.59 Å². The molecule has 0 aromatic heterocycles. The topological polar surface area (TPSA) is 66.6 Å². The van der Waals surface area contributed by atoms with Gasteiger partial charge in [0, 0.05) is 43.9 Å². The second-order valence-electron chi connectivity index (χ2n) is 7.00. The van der Waals surface area contributed by atoms with Gasteiger partial charge < -0.3 is 15.5 Å². The normalized spacial score (nSPS) is 18.6. The number of carbonyl (C=O) groups is 2. The Balaban J connectivity index is 0.00000225. The summed E-state index contributed by atoms with van der Waals surface area (Å²) in [4.78, 5) is 28.9. The van der Waals surface area contributed by atoms with Crippen LogP contribution in [0.4, 0.5) is 5.69 Å². The predicted octanol–water partition coefficient (Wildman–Crippen LogP) is 2.95. The summed E-state index contributed by atoms with van der Waals surface area (Å²) in [6.45, 7) is 2.72. The number of halogens is 1. The molecule has 5 nitrogen and oxygen atoms in total. The predicted molar refractivity (Wildman–Crippen MR) is 102 cm³/mol. The molecule has 2 amide bonds. The van der Waals surface area contributed by atoms with E-state index in [9.17, 15) is 9.59 Å². The number of anilines is 1. The van der Waals surface area contributed by atoms with Crippen molar-refractivity contribution >= 4 is 29.9 Å². The van der Waals surface area contributed by atoms with E-state index in [0.29, 0.717) is 43.2 Å². The average molecular weight is 366 g/mol. The van der Waals surface area contributed by atoms with Crippen LogP contribution in [-0.2, 0) is 4.79 Å². The van der Waals surface area contributed by atoms with Crippen LogP contribution >= 0.6 is 12.4 Å². The van der Waals surface area contributed by atoms with Crippen molar-refractivity contribution in [1.29, 1.82) is 0 Å². The maximum absolute atomic E-state index is 12.6. The molecule has 2 N–H and O–H groups in total. The lowest BCUT2D eigenvalue weighted by atomic mass is 10.0. The van der Waals surface area contributed by atoms with Crippen LogP contribution in [0.5, 0.6) is 0 Å². The molecule has 1 saturated carbocycles. The quantitative estimate of drug-likeness (QED) is 0.837.